The number of nitrogens with one attached hydrogen (secondary N) is 1. The molecular formula is C17H20N2O4S. The number of amides is 1. The van der Waals surface area contributed by atoms with Gasteiger partial charge in [0.25, 0.3) is 0 Å². The molecule has 0 unspecified atom stereocenters. The number of hydrogen-bond acceptors (Lipinski definition) is 4. The molecule has 0 fully saturated rings. The number of hydrogen-bond donors (Lipinski definition) is 1. The number of furan rings is 1. The van der Waals surface area contributed by atoms with Crippen LogP contribution in [0, 0.1) is 0 Å². The second kappa shape index (κ2) is 6.78. The van der Waals surface area contributed by atoms with E-state index in [9.17, 15) is 13.2 Å². The molecule has 1 heterocycles. The van der Waals surface area contributed by atoms with Gasteiger partial charge in [-0.05, 0) is 31.0 Å². The fourth-order valence-corrected chi connectivity index (χ4v) is 4.08. The van der Waals surface area contributed by atoms with Gasteiger partial charge in [0.15, 0.2) is 0 Å². The molecule has 1 aromatic heterocycles. The van der Waals surface area contributed by atoms with Crippen molar-refractivity contribution in [3.05, 3.63) is 54.0 Å². The zero-order valence-corrected chi connectivity index (χ0v) is 14.3. The lowest BCUT2D eigenvalue weighted by atomic mass is 9.93. The molecule has 0 saturated carbocycles. The van der Waals surface area contributed by atoms with Crippen molar-refractivity contribution < 1.29 is 17.6 Å². The Morgan fingerprint density at radius 2 is 2.04 bits per heavy atom. The summed E-state index contributed by atoms with van der Waals surface area (Å²) in [4.78, 5) is 12.5. The van der Waals surface area contributed by atoms with Crippen molar-refractivity contribution in [3.63, 3.8) is 0 Å². The predicted octanol–water partition coefficient (Wildman–Crippen LogP) is 2.09. The van der Waals surface area contributed by atoms with Crippen molar-refractivity contribution in [1.82, 2.24) is 9.62 Å². The first-order valence-corrected chi connectivity index (χ1v) is 9.29. The molecule has 24 heavy (non-hydrogen) atoms. The van der Waals surface area contributed by atoms with Gasteiger partial charge in [0.1, 0.15) is 5.76 Å². The van der Waals surface area contributed by atoms with E-state index in [0.29, 0.717) is 0 Å². The Hall–Kier alpha value is -2.12. The van der Waals surface area contributed by atoms with Crippen molar-refractivity contribution in [2.24, 2.45) is 0 Å². The van der Waals surface area contributed by atoms with Crippen LogP contribution in [0.25, 0.3) is 0 Å². The largest absolute Gasteiger partial charge is 0.469 e. The molecule has 128 valence electrons. The Morgan fingerprint density at radius 1 is 1.29 bits per heavy atom. The SMILES string of the molecule is CN(CC(=O)N[C@@H]1CCCc2occc21)S(=O)(=O)c1ccccc1. The molecule has 3 rings (SSSR count). The monoisotopic (exact) mass is 348 g/mol. The van der Waals surface area contributed by atoms with E-state index < -0.39 is 10.0 Å². The van der Waals surface area contributed by atoms with Crippen molar-refractivity contribution in [3.8, 4) is 0 Å². The number of aryl methyl sites for hydroxylation is 1. The molecule has 0 spiro atoms. The Morgan fingerprint density at radius 3 is 2.79 bits per heavy atom. The third-order valence-corrected chi connectivity index (χ3v) is 6.02. The van der Waals surface area contributed by atoms with Crippen molar-refractivity contribution >= 4 is 15.9 Å². The molecule has 1 atom stereocenters. The van der Waals surface area contributed by atoms with Crippen molar-refractivity contribution in [2.75, 3.05) is 13.6 Å². The van der Waals surface area contributed by atoms with Crippen molar-refractivity contribution in [1.29, 1.82) is 0 Å². The second-order valence-electron chi connectivity index (χ2n) is 5.89. The van der Waals surface area contributed by atoms with Gasteiger partial charge in [-0.25, -0.2) is 8.42 Å². The Bertz CT molecular complexity index is 814. The molecule has 7 heteroatoms. The lowest BCUT2D eigenvalue weighted by Crippen LogP contribution is -2.40. The number of likely N-dealkylation sites (N-methyl/N-ethyl adjacent to an activating group) is 1. The number of sulfonamides is 1. The normalized spacial score (nSPS) is 17.5. The molecule has 0 bridgehead atoms. The summed E-state index contributed by atoms with van der Waals surface area (Å²) < 4.78 is 31.4. The minimum Gasteiger partial charge on any atom is -0.469 e. The van der Waals surface area contributed by atoms with Crippen LogP contribution in [0.5, 0.6) is 0 Å². The van der Waals surface area contributed by atoms with Gasteiger partial charge in [-0.1, -0.05) is 18.2 Å². The van der Waals surface area contributed by atoms with E-state index in [1.54, 1.807) is 24.5 Å². The van der Waals surface area contributed by atoms with Crippen LogP contribution in [-0.4, -0.2) is 32.2 Å². The third-order valence-electron chi connectivity index (χ3n) is 4.20. The van der Waals surface area contributed by atoms with E-state index in [1.165, 1.54) is 19.2 Å². The van der Waals surface area contributed by atoms with Gasteiger partial charge in [0.05, 0.1) is 23.7 Å². The van der Waals surface area contributed by atoms with E-state index in [2.05, 4.69) is 5.32 Å². The highest BCUT2D eigenvalue weighted by Gasteiger charge is 2.27. The van der Waals surface area contributed by atoms with Gasteiger partial charge in [-0.2, -0.15) is 4.31 Å². The van der Waals surface area contributed by atoms with Crippen LogP contribution < -0.4 is 5.32 Å². The van der Waals surface area contributed by atoms with Gasteiger partial charge in [-0.15, -0.1) is 0 Å². The van der Waals surface area contributed by atoms with Gasteiger partial charge in [0.2, 0.25) is 15.9 Å². The molecule has 2 aromatic rings. The fraction of sp³-hybridized carbons (Fsp3) is 0.353. The average molecular weight is 348 g/mol. The van der Waals surface area contributed by atoms with E-state index >= 15 is 0 Å². The van der Waals surface area contributed by atoms with Gasteiger partial charge in [0, 0.05) is 19.0 Å². The lowest BCUT2D eigenvalue weighted by molar-refractivity contribution is -0.122. The second-order valence-corrected chi connectivity index (χ2v) is 7.93. The van der Waals surface area contributed by atoms with Crippen LogP contribution in [-0.2, 0) is 21.2 Å². The van der Waals surface area contributed by atoms with E-state index in [4.69, 9.17) is 4.42 Å². The summed E-state index contributed by atoms with van der Waals surface area (Å²) in [6, 6.07) is 9.84. The van der Waals surface area contributed by atoms with Crippen LogP contribution >= 0.6 is 0 Å². The van der Waals surface area contributed by atoms with Gasteiger partial charge >= 0.3 is 0 Å². The summed E-state index contributed by atoms with van der Waals surface area (Å²) in [5, 5.41) is 2.91. The molecule has 1 amide bonds. The van der Waals surface area contributed by atoms with Crippen LogP contribution in [0.1, 0.15) is 30.2 Å². The summed E-state index contributed by atoms with van der Waals surface area (Å²) in [5.74, 6) is 0.577. The topological polar surface area (TPSA) is 79.6 Å². The molecule has 0 aliphatic heterocycles. The van der Waals surface area contributed by atoms with Crippen LogP contribution in [0.4, 0.5) is 0 Å². The van der Waals surface area contributed by atoms with Crippen molar-refractivity contribution in [2.45, 2.75) is 30.2 Å². The number of rotatable bonds is 5. The van der Waals surface area contributed by atoms with Gasteiger partial charge in [-0.3, -0.25) is 4.79 Å². The predicted molar refractivity (Wildman–Crippen MR) is 88.8 cm³/mol. The zero-order valence-electron chi connectivity index (χ0n) is 13.4. The molecule has 1 aliphatic carbocycles. The van der Waals surface area contributed by atoms with E-state index in [1.807, 2.05) is 6.07 Å². The molecule has 6 nitrogen and oxygen atoms in total. The lowest BCUT2D eigenvalue weighted by Gasteiger charge is -2.24. The highest BCUT2D eigenvalue weighted by atomic mass is 32.2. The van der Waals surface area contributed by atoms with Gasteiger partial charge < -0.3 is 9.73 Å². The Balaban J connectivity index is 1.66. The van der Waals surface area contributed by atoms with E-state index in [0.717, 1.165) is 34.9 Å². The summed E-state index contributed by atoms with van der Waals surface area (Å²) in [5.41, 5.74) is 0.989. The Labute approximate surface area is 141 Å². The van der Waals surface area contributed by atoms with Crippen LogP contribution in [0.15, 0.2) is 52.0 Å². The summed E-state index contributed by atoms with van der Waals surface area (Å²) in [7, 11) is -2.26. The highest BCUT2D eigenvalue weighted by molar-refractivity contribution is 7.89. The molecule has 0 saturated heterocycles. The number of fused-ring (bicyclic) bond motifs is 1. The number of nitrogens with zero attached hydrogens (tertiary/aromatic N) is 1. The molecule has 1 N–H and O–H groups in total. The quantitative estimate of drug-likeness (QED) is 0.897. The van der Waals surface area contributed by atoms with E-state index in [-0.39, 0.29) is 23.4 Å². The highest BCUT2D eigenvalue weighted by Crippen LogP contribution is 2.30. The summed E-state index contributed by atoms with van der Waals surface area (Å²) in [6.45, 7) is -0.221. The minimum absolute atomic E-state index is 0.118. The number of carbonyl (C=O) groups is 1. The first-order chi connectivity index (χ1) is 11.5. The minimum atomic E-state index is -3.67. The number of carbonyl (C=O) groups excluding carboxylic acids is 1. The average Bonchev–Trinajstić information content (AvgIpc) is 3.05. The number of benzene rings is 1. The fourth-order valence-electron chi connectivity index (χ4n) is 2.94. The van der Waals surface area contributed by atoms with Crippen LogP contribution in [0.3, 0.4) is 0 Å². The first-order valence-electron chi connectivity index (χ1n) is 7.85. The molecule has 1 aromatic carbocycles. The summed E-state index contributed by atoms with van der Waals surface area (Å²) >= 11 is 0. The first kappa shape index (κ1) is 16.7. The van der Waals surface area contributed by atoms with Crippen LogP contribution in [0.2, 0.25) is 0 Å². The molecule has 1 aliphatic rings. The zero-order chi connectivity index (χ0) is 17.2. The maximum Gasteiger partial charge on any atom is 0.243 e. The third kappa shape index (κ3) is 3.37. The Kier molecular flexibility index (Phi) is 4.73. The summed E-state index contributed by atoms with van der Waals surface area (Å²) in [6.07, 6.45) is 4.26. The smallest absolute Gasteiger partial charge is 0.243 e. The standard InChI is InChI=1S/C17H20N2O4S/c1-19(24(21,22)13-6-3-2-4-7-13)12-17(20)18-15-8-5-9-16-14(15)10-11-23-16/h2-4,6-7,10-11,15H,5,8-9,12H2,1H3,(H,18,20)/t15-/m1/s1. The maximum absolute atomic E-state index is 12.4. The molecular weight excluding hydrogens is 328 g/mol. The maximum atomic E-state index is 12.4. The molecule has 0 radical (unpaired) electrons.